The standard InChI is InChI=1S/C6H3Cl5F3N3/c1-17-3(5(12,13)14)2(15-16-17)4(7,8)6(9,10)11/h1H3. The number of aromatic nitrogens is 3. The van der Waals surface area contributed by atoms with E-state index in [2.05, 4.69) is 10.3 Å². The van der Waals surface area contributed by atoms with Gasteiger partial charge in [0.1, 0.15) is 5.69 Å². The zero-order valence-corrected chi connectivity index (χ0v) is 11.6. The molecule has 0 aromatic carbocycles. The first-order valence-electron chi connectivity index (χ1n) is 3.81. The van der Waals surface area contributed by atoms with Gasteiger partial charge in [-0.25, -0.2) is 4.68 Å². The van der Waals surface area contributed by atoms with Crippen LogP contribution in [0.15, 0.2) is 0 Å². The minimum Gasteiger partial charge on any atom is -0.243 e. The molecule has 11 heteroatoms. The average molecular weight is 351 g/mol. The van der Waals surface area contributed by atoms with E-state index in [0.717, 1.165) is 7.05 Å². The van der Waals surface area contributed by atoms with Crippen LogP contribution in [-0.2, 0) is 17.6 Å². The monoisotopic (exact) mass is 349 g/mol. The molecule has 98 valence electrons. The first-order chi connectivity index (χ1) is 7.39. The van der Waals surface area contributed by atoms with Crippen molar-refractivity contribution in [3.05, 3.63) is 11.4 Å². The predicted octanol–water partition coefficient (Wildman–Crippen LogP) is 3.83. The van der Waals surface area contributed by atoms with Crippen molar-refractivity contribution in [2.75, 3.05) is 0 Å². The van der Waals surface area contributed by atoms with Crippen molar-refractivity contribution in [1.82, 2.24) is 15.0 Å². The molecule has 0 spiro atoms. The van der Waals surface area contributed by atoms with Gasteiger partial charge in [-0.15, -0.1) is 5.10 Å². The molecule has 0 radical (unpaired) electrons. The van der Waals surface area contributed by atoms with Crippen LogP contribution in [0.4, 0.5) is 13.2 Å². The maximum absolute atomic E-state index is 12.7. The fourth-order valence-electron chi connectivity index (χ4n) is 1.02. The summed E-state index contributed by atoms with van der Waals surface area (Å²) < 4.78 is 33.7. The van der Waals surface area contributed by atoms with Gasteiger partial charge in [-0.3, -0.25) is 0 Å². The summed E-state index contributed by atoms with van der Waals surface area (Å²) in [6.07, 6.45) is -4.78. The highest BCUT2D eigenvalue weighted by molar-refractivity contribution is 6.75. The van der Waals surface area contributed by atoms with E-state index < -0.39 is 25.7 Å². The molecule has 17 heavy (non-hydrogen) atoms. The van der Waals surface area contributed by atoms with Crippen molar-refractivity contribution >= 4 is 58.0 Å². The van der Waals surface area contributed by atoms with Crippen LogP contribution in [0.2, 0.25) is 0 Å². The molecule has 0 aliphatic rings. The van der Waals surface area contributed by atoms with Crippen molar-refractivity contribution in [1.29, 1.82) is 0 Å². The van der Waals surface area contributed by atoms with Crippen LogP contribution in [0, 0.1) is 0 Å². The maximum Gasteiger partial charge on any atom is 0.435 e. The molecule has 3 nitrogen and oxygen atoms in total. The molecule has 0 saturated heterocycles. The van der Waals surface area contributed by atoms with Crippen LogP contribution in [0.25, 0.3) is 0 Å². The molecular formula is C6H3Cl5F3N3. The van der Waals surface area contributed by atoms with E-state index in [1.165, 1.54) is 0 Å². The Morgan fingerprint density at radius 1 is 1.06 bits per heavy atom. The molecule has 1 aromatic rings. The Hall–Kier alpha value is 0.380. The SMILES string of the molecule is Cn1nnc(C(Cl)(Cl)C(Cl)(Cl)Cl)c1C(F)(F)F. The molecule has 0 amide bonds. The lowest BCUT2D eigenvalue weighted by atomic mass is 10.2. The second kappa shape index (κ2) is 4.49. The molecule has 0 aliphatic heterocycles. The Kier molecular flexibility index (Phi) is 4.08. The molecule has 0 atom stereocenters. The first kappa shape index (κ1) is 15.4. The average Bonchev–Trinajstić information content (AvgIpc) is 2.44. The van der Waals surface area contributed by atoms with E-state index in [-0.39, 0.29) is 0 Å². The minimum absolute atomic E-state index is 0.450. The molecule has 1 aromatic heterocycles. The largest absolute Gasteiger partial charge is 0.435 e. The Balaban J connectivity index is 3.45. The molecule has 1 rings (SSSR count). The normalized spacial score (nSPS) is 14.2. The first-order valence-corrected chi connectivity index (χ1v) is 5.70. The van der Waals surface area contributed by atoms with Gasteiger partial charge in [0.15, 0.2) is 5.69 Å². The fraction of sp³-hybridized carbons (Fsp3) is 0.667. The van der Waals surface area contributed by atoms with Gasteiger partial charge in [0.05, 0.1) is 0 Å². The smallest absolute Gasteiger partial charge is 0.243 e. The van der Waals surface area contributed by atoms with Gasteiger partial charge >= 0.3 is 6.18 Å². The van der Waals surface area contributed by atoms with E-state index in [1.54, 1.807) is 0 Å². The van der Waals surface area contributed by atoms with E-state index >= 15 is 0 Å². The maximum atomic E-state index is 12.7. The van der Waals surface area contributed by atoms with E-state index in [4.69, 9.17) is 58.0 Å². The van der Waals surface area contributed by atoms with Crippen LogP contribution in [0.3, 0.4) is 0 Å². The zero-order chi connectivity index (χ0) is 13.6. The second-order valence-electron chi connectivity index (χ2n) is 2.98. The van der Waals surface area contributed by atoms with Gasteiger partial charge in [0.25, 0.3) is 0 Å². The van der Waals surface area contributed by atoms with E-state index in [9.17, 15) is 13.2 Å². The third-order valence-electron chi connectivity index (χ3n) is 1.75. The third kappa shape index (κ3) is 2.87. The number of nitrogens with zero attached hydrogens (tertiary/aromatic N) is 3. The van der Waals surface area contributed by atoms with Gasteiger partial charge in [0.2, 0.25) is 8.13 Å². The summed E-state index contributed by atoms with van der Waals surface area (Å²) in [5.74, 6) is 0. The van der Waals surface area contributed by atoms with Crippen LogP contribution in [0.1, 0.15) is 11.4 Å². The predicted molar refractivity (Wildman–Crippen MR) is 59.7 cm³/mol. The van der Waals surface area contributed by atoms with Crippen molar-refractivity contribution in [2.45, 2.75) is 14.3 Å². The van der Waals surface area contributed by atoms with E-state index in [1.807, 2.05) is 0 Å². The van der Waals surface area contributed by atoms with Crippen LogP contribution in [-0.4, -0.2) is 18.8 Å². The Bertz CT molecular complexity index is 422. The highest BCUT2D eigenvalue weighted by Crippen LogP contribution is 2.54. The number of rotatable bonds is 1. The third-order valence-corrected chi connectivity index (χ3v) is 4.10. The highest BCUT2D eigenvalue weighted by atomic mass is 35.6. The number of aryl methyl sites for hydroxylation is 1. The number of halogens is 8. The quantitative estimate of drug-likeness (QED) is 0.720. The lowest BCUT2D eigenvalue weighted by Gasteiger charge is -2.26. The molecular weight excluding hydrogens is 348 g/mol. The zero-order valence-electron chi connectivity index (χ0n) is 7.87. The van der Waals surface area contributed by atoms with E-state index in [0.29, 0.717) is 4.68 Å². The summed E-state index contributed by atoms with van der Waals surface area (Å²) in [6, 6.07) is 0. The summed E-state index contributed by atoms with van der Waals surface area (Å²) >= 11 is 27.5. The van der Waals surface area contributed by atoms with Gasteiger partial charge in [0, 0.05) is 7.05 Å². The summed E-state index contributed by atoms with van der Waals surface area (Å²) in [5.41, 5.74) is -2.15. The highest BCUT2D eigenvalue weighted by Gasteiger charge is 2.54. The molecule has 0 fully saturated rings. The van der Waals surface area contributed by atoms with Crippen molar-refractivity contribution in [3.63, 3.8) is 0 Å². The van der Waals surface area contributed by atoms with Crippen LogP contribution in [0.5, 0.6) is 0 Å². The minimum atomic E-state index is -4.78. The Labute approximate surface area is 119 Å². The summed E-state index contributed by atoms with van der Waals surface area (Å²) in [6.45, 7) is 0. The molecule has 1 heterocycles. The van der Waals surface area contributed by atoms with Gasteiger partial charge < -0.3 is 0 Å². The van der Waals surface area contributed by atoms with Gasteiger partial charge in [-0.1, -0.05) is 63.2 Å². The second-order valence-corrected chi connectivity index (χ2v) is 6.59. The molecule has 0 bridgehead atoms. The summed E-state index contributed by atoms with van der Waals surface area (Å²) in [7, 11) is 1.02. The number of alkyl halides is 8. The summed E-state index contributed by atoms with van der Waals surface area (Å²) in [5, 5.41) is 6.36. The van der Waals surface area contributed by atoms with Crippen LogP contribution < -0.4 is 0 Å². The van der Waals surface area contributed by atoms with Crippen LogP contribution >= 0.6 is 58.0 Å². The fourth-order valence-corrected chi connectivity index (χ4v) is 1.54. The number of hydrogen-bond acceptors (Lipinski definition) is 2. The van der Waals surface area contributed by atoms with Gasteiger partial charge in [-0.2, -0.15) is 13.2 Å². The number of hydrogen-bond donors (Lipinski definition) is 0. The topological polar surface area (TPSA) is 30.7 Å². The van der Waals surface area contributed by atoms with Crippen molar-refractivity contribution < 1.29 is 13.2 Å². The van der Waals surface area contributed by atoms with Gasteiger partial charge in [-0.05, 0) is 0 Å². The van der Waals surface area contributed by atoms with Crippen molar-refractivity contribution in [2.24, 2.45) is 7.05 Å². The lowest BCUT2D eigenvalue weighted by Crippen LogP contribution is -2.31. The molecule has 0 aliphatic carbocycles. The molecule has 0 N–H and O–H groups in total. The Morgan fingerprint density at radius 3 is 1.88 bits per heavy atom. The van der Waals surface area contributed by atoms with Crippen molar-refractivity contribution in [3.8, 4) is 0 Å². The lowest BCUT2D eigenvalue weighted by molar-refractivity contribution is -0.144. The Morgan fingerprint density at radius 2 is 1.53 bits per heavy atom. The summed E-state index contributed by atoms with van der Waals surface area (Å²) in [4.78, 5) is 0. The molecule has 0 saturated carbocycles. The molecule has 0 unspecified atom stereocenters.